The lowest BCUT2D eigenvalue weighted by Gasteiger charge is -2.32. The molecule has 1 fully saturated rings. The smallest absolute Gasteiger partial charge is 0.421 e. The van der Waals surface area contributed by atoms with Crippen LogP contribution in [0.2, 0.25) is 0 Å². The van der Waals surface area contributed by atoms with Crippen molar-refractivity contribution in [3.63, 3.8) is 0 Å². The number of carbonyl (C=O) groups is 1. The highest BCUT2D eigenvalue weighted by Gasteiger charge is 2.35. The van der Waals surface area contributed by atoms with E-state index in [1.165, 1.54) is 38.4 Å². The summed E-state index contributed by atoms with van der Waals surface area (Å²) in [6.07, 6.45) is -1.41. The lowest BCUT2D eigenvalue weighted by Crippen LogP contribution is -2.39. The summed E-state index contributed by atoms with van der Waals surface area (Å²) in [6.45, 7) is 4.57. The van der Waals surface area contributed by atoms with Crippen LogP contribution in [0.15, 0.2) is 54.2 Å². The second-order valence-electron chi connectivity index (χ2n) is 12.1. The molecule has 2 atom stereocenters. The van der Waals surface area contributed by atoms with Crippen molar-refractivity contribution in [2.45, 2.75) is 45.6 Å². The number of nitrogens with zero attached hydrogens (tertiary/aromatic N) is 4. The molecular formula is C33H40F4N6O4S. The van der Waals surface area contributed by atoms with Gasteiger partial charge in [0.25, 0.3) is 0 Å². The van der Waals surface area contributed by atoms with Gasteiger partial charge in [-0.1, -0.05) is 17.7 Å². The predicted molar refractivity (Wildman–Crippen MR) is 178 cm³/mol. The first-order chi connectivity index (χ1) is 22.5. The Bertz CT molecular complexity index is 1780. The molecule has 0 spiro atoms. The van der Waals surface area contributed by atoms with Gasteiger partial charge < -0.3 is 20.3 Å². The Morgan fingerprint density at radius 3 is 2.58 bits per heavy atom. The average Bonchev–Trinajstić information content (AvgIpc) is 3.00. The maximum Gasteiger partial charge on any atom is 0.421 e. The van der Waals surface area contributed by atoms with E-state index in [0.717, 1.165) is 28.2 Å². The van der Waals surface area contributed by atoms with E-state index in [4.69, 9.17) is 4.74 Å². The number of alkyl halides is 4. The van der Waals surface area contributed by atoms with Crippen LogP contribution in [-0.2, 0) is 22.7 Å². The summed E-state index contributed by atoms with van der Waals surface area (Å²) in [6, 6.07) is 9.53. The number of carbonyl (C=O) groups excluding carboxylic acids is 1. The molecular weight excluding hydrogens is 652 g/mol. The SMILES string of the molecule is COc1cc(C(=O)C=C(C)CC2CCN(C)CC2F)ccc1Nc1ncc(C(F)(F)F)c(NCc2ccc(C)cc2N(C)S(C)(=O)=O)n1. The Labute approximate surface area is 278 Å². The molecule has 260 valence electrons. The van der Waals surface area contributed by atoms with Gasteiger partial charge in [0.05, 0.1) is 24.7 Å². The molecule has 0 radical (unpaired) electrons. The fraction of sp³-hybridized carbons (Fsp3) is 0.424. The van der Waals surface area contributed by atoms with Crippen molar-refractivity contribution in [1.29, 1.82) is 0 Å². The van der Waals surface area contributed by atoms with Crippen molar-refractivity contribution in [3.8, 4) is 5.75 Å². The number of aromatic nitrogens is 2. The number of hydrogen-bond donors (Lipinski definition) is 2. The molecule has 2 aromatic carbocycles. The van der Waals surface area contributed by atoms with Crippen molar-refractivity contribution in [3.05, 3.63) is 76.5 Å². The van der Waals surface area contributed by atoms with E-state index < -0.39 is 33.8 Å². The van der Waals surface area contributed by atoms with Gasteiger partial charge in [-0.25, -0.2) is 17.8 Å². The molecule has 4 rings (SSSR count). The molecule has 0 aliphatic carbocycles. The van der Waals surface area contributed by atoms with Crippen LogP contribution in [0.25, 0.3) is 0 Å². The number of likely N-dealkylation sites (tertiary alicyclic amines) is 1. The Morgan fingerprint density at radius 2 is 1.94 bits per heavy atom. The van der Waals surface area contributed by atoms with Crippen LogP contribution >= 0.6 is 0 Å². The molecule has 2 N–H and O–H groups in total. The highest BCUT2D eigenvalue weighted by atomic mass is 32.2. The highest BCUT2D eigenvalue weighted by molar-refractivity contribution is 7.92. The number of piperidine rings is 1. The normalized spacial score (nSPS) is 17.6. The van der Waals surface area contributed by atoms with Crippen molar-refractivity contribution in [2.75, 3.05) is 55.5 Å². The molecule has 3 aromatic rings. The third-order valence-electron chi connectivity index (χ3n) is 8.19. The average molecular weight is 693 g/mol. The van der Waals surface area contributed by atoms with Crippen molar-refractivity contribution in [1.82, 2.24) is 14.9 Å². The van der Waals surface area contributed by atoms with Crippen molar-refractivity contribution < 1.29 is 35.5 Å². The number of anilines is 4. The van der Waals surface area contributed by atoms with Gasteiger partial charge in [-0.05, 0) is 87.7 Å². The Balaban J connectivity index is 1.55. The molecule has 15 heteroatoms. The Kier molecular flexibility index (Phi) is 11.4. The fourth-order valence-electron chi connectivity index (χ4n) is 5.44. The third kappa shape index (κ3) is 9.22. The Morgan fingerprint density at radius 1 is 1.21 bits per heavy atom. The Hall–Kier alpha value is -4.24. The van der Waals surface area contributed by atoms with Gasteiger partial charge in [0.1, 0.15) is 23.3 Å². The zero-order chi connectivity index (χ0) is 35.4. The van der Waals surface area contributed by atoms with Crippen molar-refractivity contribution in [2.24, 2.45) is 5.92 Å². The van der Waals surface area contributed by atoms with Gasteiger partial charge in [-0.15, -0.1) is 0 Å². The maximum absolute atomic E-state index is 14.5. The molecule has 48 heavy (non-hydrogen) atoms. The first-order valence-corrected chi connectivity index (χ1v) is 17.0. The predicted octanol–water partition coefficient (Wildman–Crippen LogP) is 6.37. The zero-order valence-electron chi connectivity index (χ0n) is 27.7. The molecule has 0 amide bonds. The summed E-state index contributed by atoms with van der Waals surface area (Å²) < 4.78 is 87.2. The summed E-state index contributed by atoms with van der Waals surface area (Å²) >= 11 is 0. The van der Waals surface area contributed by atoms with E-state index in [9.17, 15) is 30.8 Å². The van der Waals surface area contributed by atoms with Crippen molar-refractivity contribution >= 4 is 38.9 Å². The number of benzene rings is 2. The highest BCUT2D eigenvalue weighted by Crippen LogP contribution is 2.36. The van der Waals surface area contributed by atoms with Gasteiger partial charge in [-0.2, -0.15) is 18.2 Å². The van der Waals surface area contributed by atoms with Crippen LogP contribution in [0.1, 0.15) is 46.8 Å². The van der Waals surface area contributed by atoms with Gasteiger partial charge >= 0.3 is 6.18 Å². The number of sulfonamides is 1. The summed E-state index contributed by atoms with van der Waals surface area (Å²) in [7, 11) is 0.981. The van der Waals surface area contributed by atoms with E-state index in [1.807, 2.05) is 11.9 Å². The van der Waals surface area contributed by atoms with Crippen LogP contribution in [0.5, 0.6) is 5.75 Å². The minimum atomic E-state index is -4.79. The van der Waals surface area contributed by atoms with Gasteiger partial charge in [-0.3, -0.25) is 9.10 Å². The molecule has 2 unspecified atom stereocenters. The monoisotopic (exact) mass is 692 g/mol. The van der Waals surface area contributed by atoms with Gasteiger partial charge in [0, 0.05) is 31.9 Å². The molecule has 10 nitrogen and oxygen atoms in total. The number of ketones is 1. The number of methoxy groups -OCH3 is 1. The summed E-state index contributed by atoms with van der Waals surface area (Å²) in [4.78, 5) is 22.9. The topological polar surface area (TPSA) is 117 Å². The van der Waals surface area contributed by atoms with E-state index in [-0.39, 0.29) is 29.9 Å². The molecule has 1 aliphatic heterocycles. The van der Waals surface area contributed by atoms with Gasteiger partial charge in [0.15, 0.2) is 5.78 Å². The molecule has 2 heterocycles. The van der Waals surface area contributed by atoms with Crippen LogP contribution in [0.4, 0.5) is 40.7 Å². The number of ether oxygens (including phenoxy) is 1. The third-order valence-corrected chi connectivity index (χ3v) is 9.38. The molecule has 1 aromatic heterocycles. The standard InChI is InChI=1S/C33H40F4N6O4S/c1-20-7-8-24(28(14-20)43(4)48(6,45)46)17-38-31-25(33(35,36)37)18-39-32(41-31)40-27-10-9-23(16-30(27)47-5)29(44)15-21(2)13-22-11-12-42(3)19-26(22)34/h7-10,14-16,18,22,26H,11-13,17,19H2,1-6H3,(H2,38,39,40,41). The second kappa shape index (κ2) is 14.9. The number of nitrogens with one attached hydrogen (secondary N) is 2. The number of hydrogen-bond acceptors (Lipinski definition) is 9. The van der Waals surface area contributed by atoms with E-state index >= 15 is 0 Å². The summed E-state index contributed by atoms with van der Waals surface area (Å²) in [5.41, 5.74) is 1.75. The molecule has 0 bridgehead atoms. The van der Waals surface area contributed by atoms with Crippen LogP contribution in [0.3, 0.4) is 0 Å². The largest absolute Gasteiger partial charge is 0.495 e. The van der Waals surface area contributed by atoms with Crippen LogP contribution < -0.4 is 19.7 Å². The second-order valence-corrected chi connectivity index (χ2v) is 14.1. The summed E-state index contributed by atoms with van der Waals surface area (Å²) in [5, 5.41) is 5.55. The van der Waals surface area contributed by atoms with E-state index in [2.05, 4.69) is 20.6 Å². The van der Waals surface area contributed by atoms with E-state index in [1.54, 1.807) is 32.0 Å². The quantitative estimate of drug-likeness (QED) is 0.127. The molecule has 1 saturated heterocycles. The first kappa shape index (κ1) is 36.6. The number of halogens is 4. The minimum absolute atomic E-state index is 0.151. The zero-order valence-corrected chi connectivity index (χ0v) is 28.5. The lowest BCUT2D eigenvalue weighted by atomic mass is 9.88. The van der Waals surface area contributed by atoms with Gasteiger partial charge in [0.2, 0.25) is 16.0 Å². The van der Waals surface area contributed by atoms with Crippen LogP contribution in [-0.4, -0.2) is 75.8 Å². The van der Waals surface area contributed by atoms with Crippen LogP contribution in [0, 0.1) is 12.8 Å². The number of rotatable bonds is 12. The number of aryl methyl sites for hydroxylation is 1. The molecule has 0 saturated carbocycles. The lowest BCUT2D eigenvalue weighted by molar-refractivity contribution is -0.137. The summed E-state index contributed by atoms with van der Waals surface area (Å²) in [5.74, 6) is -0.940. The fourth-order valence-corrected chi connectivity index (χ4v) is 5.97. The molecule has 1 aliphatic rings. The number of allylic oxidation sites excluding steroid dienone is 2. The minimum Gasteiger partial charge on any atom is -0.495 e. The first-order valence-electron chi connectivity index (χ1n) is 15.2. The maximum atomic E-state index is 14.5. The van der Waals surface area contributed by atoms with E-state index in [0.29, 0.717) is 48.1 Å².